The third-order valence-electron chi connectivity index (χ3n) is 2.63. The Morgan fingerprint density at radius 2 is 2.06 bits per heavy atom. The van der Waals surface area contributed by atoms with Gasteiger partial charge in [0.1, 0.15) is 0 Å². The molecule has 0 bridgehead atoms. The summed E-state index contributed by atoms with van der Waals surface area (Å²) in [5.41, 5.74) is 0.724. The van der Waals surface area contributed by atoms with Crippen molar-refractivity contribution in [2.24, 2.45) is 0 Å². The second-order valence-electron chi connectivity index (χ2n) is 3.82. The van der Waals surface area contributed by atoms with Crippen LogP contribution in [0, 0.1) is 0 Å². The predicted octanol–water partition coefficient (Wildman–Crippen LogP) is 1.37. The number of hydrogen-bond donors (Lipinski definition) is 1. The number of nitrogens with zero attached hydrogens (tertiary/aromatic N) is 2. The van der Waals surface area contributed by atoms with Crippen LogP contribution in [0.1, 0.15) is 18.1 Å². The predicted molar refractivity (Wildman–Crippen MR) is 64.5 cm³/mol. The Hall–Kier alpha value is -1.94. The van der Waals surface area contributed by atoms with E-state index in [0.29, 0.717) is 13.0 Å². The fourth-order valence-corrected chi connectivity index (χ4v) is 1.66. The number of benzene rings is 1. The van der Waals surface area contributed by atoms with Crippen molar-refractivity contribution in [1.82, 2.24) is 9.55 Å². The van der Waals surface area contributed by atoms with Gasteiger partial charge in [-0.05, 0) is 12.0 Å². The van der Waals surface area contributed by atoms with Crippen molar-refractivity contribution in [3.8, 4) is 0 Å². The molecule has 2 aromatic rings. The lowest BCUT2D eigenvalue weighted by molar-refractivity contribution is 0.160. The fourth-order valence-electron chi connectivity index (χ4n) is 1.66. The molecule has 0 aliphatic heterocycles. The van der Waals surface area contributed by atoms with Gasteiger partial charge in [0.25, 0.3) is 5.56 Å². The number of aliphatic hydroxyl groups is 1. The van der Waals surface area contributed by atoms with E-state index in [2.05, 4.69) is 4.98 Å². The summed E-state index contributed by atoms with van der Waals surface area (Å²) in [5.74, 6) is 0. The van der Waals surface area contributed by atoms with E-state index < -0.39 is 6.10 Å². The summed E-state index contributed by atoms with van der Waals surface area (Å²) in [7, 11) is 0. The molecule has 17 heavy (non-hydrogen) atoms. The normalized spacial score (nSPS) is 12.3. The summed E-state index contributed by atoms with van der Waals surface area (Å²) in [6.45, 7) is 0.484. The molecule has 0 spiro atoms. The highest BCUT2D eigenvalue weighted by Crippen LogP contribution is 2.15. The molecule has 1 aromatic heterocycles. The third kappa shape index (κ3) is 3.01. The topological polar surface area (TPSA) is 55.1 Å². The first-order valence-corrected chi connectivity index (χ1v) is 5.51. The van der Waals surface area contributed by atoms with Crippen LogP contribution in [0.2, 0.25) is 0 Å². The van der Waals surface area contributed by atoms with Crippen molar-refractivity contribution in [1.29, 1.82) is 0 Å². The van der Waals surface area contributed by atoms with Crippen LogP contribution in [-0.4, -0.2) is 14.7 Å². The SMILES string of the molecule is O=c1cnccn1CCC(O)c1ccccc1. The number of hydrogen-bond acceptors (Lipinski definition) is 3. The Balaban J connectivity index is 2.00. The molecule has 4 heteroatoms. The van der Waals surface area contributed by atoms with Gasteiger partial charge in [-0.3, -0.25) is 9.78 Å². The van der Waals surface area contributed by atoms with Crippen LogP contribution >= 0.6 is 0 Å². The molecule has 0 aliphatic carbocycles. The van der Waals surface area contributed by atoms with Crippen molar-refractivity contribution in [2.75, 3.05) is 0 Å². The molecule has 1 N–H and O–H groups in total. The van der Waals surface area contributed by atoms with E-state index in [1.54, 1.807) is 17.0 Å². The Morgan fingerprint density at radius 3 is 2.76 bits per heavy atom. The minimum Gasteiger partial charge on any atom is -0.388 e. The zero-order valence-electron chi connectivity index (χ0n) is 9.36. The standard InChI is InChI=1S/C13H14N2O2/c16-12(11-4-2-1-3-5-11)6-8-15-9-7-14-10-13(15)17/h1-5,7,9-10,12,16H,6,8H2. The highest BCUT2D eigenvalue weighted by molar-refractivity contribution is 5.17. The number of rotatable bonds is 4. The Labute approximate surface area is 99.2 Å². The molecule has 0 radical (unpaired) electrons. The van der Waals surface area contributed by atoms with Gasteiger partial charge < -0.3 is 9.67 Å². The Kier molecular flexibility index (Phi) is 3.67. The van der Waals surface area contributed by atoms with Gasteiger partial charge in [-0.2, -0.15) is 0 Å². The van der Waals surface area contributed by atoms with Gasteiger partial charge in [-0.1, -0.05) is 30.3 Å². The molecule has 0 saturated carbocycles. The lowest BCUT2D eigenvalue weighted by Gasteiger charge is -2.11. The first-order valence-electron chi connectivity index (χ1n) is 5.51. The molecule has 0 fully saturated rings. The molecule has 88 valence electrons. The Morgan fingerprint density at radius 1 is 1.29 bits per heavy atom. The molecule has 1 heterocycles. The molecular formula is C13H14N2O2. The van der Waals surface area contributed by atoms with Gasteiger partial charge in [-0.25, -0.2) is 0 Å². The maximum absolute atomic E-state index is 11.4. The quantitative estimate of drug-likeness (QED) is 0.863. The minimum absolute atomic E-state index is 0.146. The summed E-state index contributed by atoms with van der Waals surface area (Å²) in [6.07, 6.45) is 4.43. The van der Waals surface area contributed by atoms with Gasteiger partial charge in [0.15, 0.2) is 0 Å². The molecule has 4 nitrogen and oxygen atoms in total. The summed E-state index contributed by atoms with van der Waals surface area (Å²) in [5, 5.41) is 9.94. The molecular weight excluding hydrogens is 216 g/mol. The van der Waals surface area contributed by atoms with Crippen LogP contribution in [-0.2, 0) is 6.54 Å². The van der Waals surface area contributed by atoms with Crippen LogP contribution in [0.3, 0.4) is 0 Å². The summed E-state index contributed by atoms with van der Waals surface area (Å²) in [4.78, 5) is 15.1. The van der Waals surface area contributed by atoms with Crippen molar-refractivity contribution in [2.45, 2.75) is 19.1 Å². The molecule has 0 aliphatic rings. The second kappa shape index (κ2) is 5.41. The minimum atomic E-state index is -0.545. The maximum Gasteiger partial charge on any atom is 0.268 e. The van der Waals surface area contributed by atoms with Crippen LogP contribution in [0.4, 0.5) is 0 Å². The van der Waals surface area contributed by atoms with Crippen molar-refractivity contribution < 1.29 is 5.11 Å². The van der Waals surface area contributed by atoms with Crippen molar-refractivity contribution in [3.05, 3.63) is 64.8 Å². The smallest absolute Gasteiger partial charge is 0.268 e. The molecule has 1 aromatic carbocycles. The lowest BCUT2D eigenvalue weighted by atomic mass is 10.1. The molecule has 1 unspecified atom stereocenters. The Bertz CT molecular complexity index is 522. The monoisotopic (exact) mass is 230 g/mol. The maximum atomic E-state index is 11.4. The van der Waals surface area contributed by atoms with Gasteiger partial charge in [0.2, 0.25) is 0 Å². The van der Waals surface area contributed by atoms with Crippen LogP contribution in [0.5, 0.6) is 0 Å². The van der Waals surface area contributed by atoms with E-state index in [1.807, 2.05) is 30.3 Å². The van der Waals surface area contributed by atoms with E-state index in [-0.39, 0.29) is 5.56 Å². The van der Waals surface area contributed by atoms with Crippen LogP contribution in [0.15, 0.2) is 53.7 Å². The van der Waals surface area contributed by atoms with E-state index >= 15 is 0 Å². The molecule has 0 saturated heterocycles. The zero-order valence-corrected chi connectivity index (χ0v) is 9.36. The van der Waals surface area contributed by atoms with Gasteiger partial charge in [-0.15, -0.1) is 0 Å². The van der Waals surface area contributed by atoms with Crippen LogP contribution in [0.25, 0.3) is 0 Å². The van der Waals surface area contributed by atoms with Gasteiger partial charge in [0, 0.05) is 18.9 Å². The molecule has 0 amide bonds. The van der Waals surface area contributed by atoms with E-state index in [1.165, 1.54) is 6.20 Å². The van der Waals surface area contributed by atoms with Gasteiger partial charge >= 0.3 is 0 Å². The largest absolute Gasteiger partial charge is 0.388 e. The van der Waals surface area contributed by atoms with E-state index in [9.17, 15) is 9.90 Å². The summed E-state index contributed by atoms with van der Waals surface area (Å²) >= 11 is 0. The summed E-state index contributed by atoms with van der Waals surface area (Å²) in [6, 6.07) is 9.43. The number of aryl methyl sites for hydroxylation is 1. The van der Waals surface area contributed by atoms with Crippen molar-refractivity contribution >= 4 is 0 Å². The van der Waals surface area contributed by atoms with E-state index in [0.717, 1.165) is 5.56 Å². The molecule has 1 atom stereocenters. The summed E-state index contributed by atoms with van der Waals surface area (Å²) < 4.78 is 1.54. The highest BCUT2D eigenvalue weighted by Gasteiger charge is 2.06. The number of aliphatic hydroxyl groups excluding tert-OH is 1. The third-order valence-corrected chi connectivity index (χ3v) is 2.63. The number of aromatic nitrogens is 2. The van der Waals surface area contributed by atoms with Crippen molar-refractivity contribution in [3.63, 3.8) is 0 Å². The average molecular weight is 230 g/mol. The zero-order chi connectivity index (χ0) is 12.1. The molecule has 2 rings (SSSR count). The second-order valence-corrected chi connectivity index (χ2v) is 3.82. The van der Waals surface area contributed by atoms with E-state index in [4.69, 9.17) is 0 Å². The average Bonchev–Trinajstić information content (AvgIpc) is 2.38. The highest BCUT2D eigenvalue weighted by atomic mass is 16.3. The lowest BCUT2D eigenvalue weighted by Crippen LogP contribution is -2.19. The first kappa shape index (κ1) is 11.5. The fraction of sp³-hybridized carbons (Fsp3) is 0.231. The van der Waals surface area contributed by atoms with Gasteiger partial charge in [0.05, 0.1) is 12.3 Å². The first-order chi connectivity index (χ1) is 8.27. The van der Waals surface area contributed by atoms with Crippen LogP contribution < -0.4 is 5.56 Å².